The van der Waals surface area contributed by atoms with Crippen molar-refractivity contribution in [2.45, 2.75) is 32.6 Å². The quantitative estimate of drug-likeness (QED) is 0.578. The maximum absolute atomic E-state index is 10.8. The Hall–Kier alpha value is -0.570. The van der Waals surface area contributed by atoms with Crippen LogP contribution < -0.4 is 5.32 Å². The minimum absolute atomic E-state index is 0.00861. The van der Waals surface area contributed by atoms with Gasteiger partial charge in [0.2, 0.25) is 5.91 Å². The van der Waals surface area contributed by atoms with Crippen LogP contribution in [0.1, 0.15) is 32.6 Å². The topological polar surface area (TPSA) is 49.0 Å². The Morgan fingerprint density at radius 1 is 1.36 bits per heavy atom. The van der Waals surface area contributed by atoms with Crippen LogP contribution in [0.25, 0.3) is 0 Å². The first kappa shape index (κ1) is 10.4. The molecule has 1 N–H and O–H groups in total. The standard InChI is InChI=1S/C8H16NO2/c1-2-3-6-9-8(11)5-4-7-10/h2-7H2,1H3,(H,9,11). The molecule has 65 valence electrons. The molecular formula is C8H16NO2. The van der Waals surface area contributed by atoms with E-state index in [4.69, 9.17) is 0 Å². The minimum atomic E-state index is -0.152. The number of carbonyl (C=O) groups is 1. The highest BCUT2D eigenvalue weighted by Crippen LogP contribution is 1.88. The van der Waals surface area contributed by atoms with Crippen molar-refractivity contribution in [3.05, 3.63) is 0 Å². The highest BCUT2D eigenvalue weighted by molar-refractivity contribution is 5.75. The second-order valence-corrected chi connectivity index (χ2v) is 2.51. The van der Waals surface area contributed by atoms with E-state index in [0.29, 0.717) is 12.8 Å². The molecule has 0 saturated carbocycles. The van der Waals surface area contributed by atoms with E-state index in [9.17, 15) is 9.90 Å². The minimum Gasteiger partial charge on any atom is -0.356 e. The molecule has 11 heavy (non-hydrogen) atoms. The lowest BCUT2D eigenvalue weighted by Crippen LogP contribution is -2.24. The summed E-state index contributed by atoms with van der Waals surface area (Å²) in [6.45, 7) is 2.67. The molecule has 0 aliphatic heterocycles. The van der Waals surface area contributed by atoms with Crippen molar-refractivity contribution in [3.8, 4) is 0 Å². The van der Waals surface area contributed by atoms with Gasteiger partial charge in [0.15, 0.2) is 0 Å². The van der Waals surface area contributed by atoms with E-state index in [1.54, 1.807) is 0 Å². The number of hydrogen-bond acceptors (Lipinski definition) is 1. The van der Waals surface area contributed by atoms with Crippen LogP contribution in [0.4, 0.5) is 0 Å². The smallest absolute Gasteiger partial charge is 0.220 e. The molecule has 0 fully saturated rings. The van der Waals surface area contributed by atoms with Gasteiger partial charge in [-0.25, -0.2) is 5.11 Å². The van der Waals surface area contributed by atoms with Crippen molar-refractivity contribution in [1.82, 2.24) is 5.32 Å². The molecule has 0 spiro atoms. The molecule has 0 atom stereocenters. The van der Waals surface area contributed by atoms with Crippen LogP contribution in [-0.4, -0.2) is 19.1 Å². The van der Waals surface area contributed by atoms with Crippen LogP contribution in [-0.2, 0) is 9.90 Å². The summed E-state index contributed by atoms with van der Waals surface area (Å²) in [4.78, 5) is 10.8. The molecule has 0 aliphatic carbocycles. The summed E-state index contributed by atoms with van der Waals surface area (Å²) >= 11 is 0. The largest absolute Gasteiger partial charge is 0.356 e. The van der Waals surface area contributed by atoms with Crippen LogP contribution in [0.3, 0.4) is 0 Å². The molecule has 0 bridgehead atoms. The lowest BCUT2D eigenvalue weighted by molar-refractivity contribution is -0.121. The van der Waals surface area contributed by atoms with Gasteiger partial charge in [0, 0.05) is 13.0 Å². The first-order chi connectivity index (χ1) is 5.31. The molecule has 0 aromatic carbocycles. The predicted molar refractivity (Wildman–Crippen MR) is 42.7 cm³/mol. The predicted octanol–water partition coefficient (Wildman–Crippen LogP) is 1.11. The average Bonchev–Trinajstić information content (AvgIpc) is 2.01. The van der Waals surface area contributed by atoms with Gasteiger partial charge in [0.1, 0.15) is 0 Å². The molecule has 1 amide bonds. The van der Waals surface area contributed by atoms with Gasteiger partial charge in [0.25, 0.3) is 0 Å². The van der Waals surface area contributed by atoms with E-state index in [1.165, 1.54) is 0 Å². The van der Waals surface area contributed by atoms with Gasteiger partial charge in [-0.05, 0) is 12.8 Å². The zero-order valence-electron chi connectivity index (χ0n) is 7.06. The molecule has 3 heteroatoms. The molecule has 0 unspecified atom stereocenters. The van der Waals surface area contributed by atoms with Crippen molar-refractivity contribution in [2.75, 3.05) is 13.2 Å². The summed E-state index contributed by atoms with van der Waals surface area (Å²) in [6.07, 6.45) is 2.94. The van der Waals surface area contributed by atoms with Gasteiger partial charge in [-0.3, -0.25) is 4.79 Å². The summed E-state index contributed by atoms with van der Waals surface area (Å²) in [5, 5.41) is 12.7. The molecule has 3 nitrogen and oxygen atoms in total. The molecule has 0 heterocycles. The Kier molecular flexibility index (Phi) is 7.15. The highest BCUT2D eigenvalue weighted by atomic mass is 16.3. The van der Waals surface area contributed by atoms with E-state index >= 15 is 0 Å². The fraction of sp³-hybridized carbons (Fsp3) is 0.875. The number of hydrogen-bond donors (Lipinski definition) is 1. The maximum atomic E-state index is 10.8. The zero-order chi connectivity index (χ0) is 8.53. The van der Waals surface area contributed by atoms with Crippen LogP contribution in [0, 0.1) is 0 Å². The van der Waals surface area contributed by atoms with Gasteiger partial charge >= 0.3 is 0 Å². The third-order valence-electron chi connectivity index (χ3n) is 1.40. The summed E-state index contributed by atoms with van der Waals surface area (Å²) in [5.74, 6) is 0.00861. The van der Waals surface area contributed by atoms with Crippen molar-refractivity contribution < 1.29 is 9.90 Å². The SMILES string of the molecule is CCCCNC(=O)CCC[O]. The fourth-order valence-electron chi connectivity index (χ4n) is 0.726. The summed E-state index contributed by atoms with van der Waals surface area (Å²) in [6, 6.07) is 0. The van der Waals surface area contributed by atoms with Crippen molar-refractivity contribution >= 4 is 5.91 Å². The molecule has 0 saturated heterocycles. The van der Waals surface area contributed by atoms with Gasteiger partial charge in [0.05, 0.1) is 6.61 Å². The Labute approximate surface area is 67.8 Å². The Balaban J connectivity index is 3.09. The van der Waals surface area contributed by atoms with Crippen LogP contribution in [0.15, 0.2) is 0 Å². The lowest BCUT2D eigenvalue weighted by Gasteiger charge is -2.01. The molecule has 0 aromatic heterocycles. The van der Waals surface area contributed by atoms with Crippen LogP contribution in [0.2, 0.25) is 0 Å². The molecule has 0 rings (SSSR count). The van der Waals surface area contributed by atoms with Crippen LogP contribution in [0.5, 0.6) is 0 Å². The van der Waals surface area contributed by atoms with Gasteiger partial charge in [-0.1, -0.05) is 13.3 Å². The maximum Gasteiger partial charge on any atom is 0.220 e. The lowest BCUT2D eigenvalue weighted by atomic mass is 10.3. The first-order valence-corrected chi connectivity index (χ1v) is 4.16. The number of rotatable bonds is 6. The summed E-state index contributed by atoms with van der Waals surface area (Å²) in [7, 11) is 0. The third-order valence-corrected chi connectivity index (χ3v) is 1.40. The van der Waals surface area contributed by atoms with Gasteiger partial charge in [-0.15, -0.1) is 0 Å². The Bertz CT molecular complexity index is 104. The highest BCUT2D eigenvalue weighted by Gasteiger charge is 1.97. The summed E-state index contributed by atoms with van der Waals surface area (Å²) < 4.78 is 0. The molecular weight excluding hydrogens is 142 g/mol. The average molecular weight is 158 g/mol. The first-order valence-electron chi connectivity index (χ1n) is 4.16. The Morgan fingerprint density at radius 3 is 2.64 bits per heavy atom. The normalized spacial score (nSPS) is 9.64. The van der Waals surface area contributed by atoms with Crippen molar-refractivity contribution in [3.63, 3.8) is 0 Å². The Morgan fingerprint density at radius 2 is 2.09 bits per heavy atom. The van der Waals surface area contributed by atoms with E-state index in [-0.39, 0.29) is 12.5 Å². The van der Waals surface area contributed by atoms with Gasteiger partial charge < -0.3 is 5.32 Å². The monoisotopic (exact) mass is 158 g/mol. The summed E-state index contributed by atoms with van der Waals surface area (Å²) in [5.41, 5.74) is 0. The zero-order valence-corrected chi connectivity index (χ0v) is 7.06. The number of unbranched alkanes of at least 4 members (excludes halogenated alkanes) is 1. The van der Waals surface area contributed by atoms with Crippen LogP contribution >= 0.6 is 0 Å². The van der Waals surface area contributed by atoms with E-state index in [1.807, 2.05) is 0 Å². The van der Waals surface area contributed by atoms with E-state index < -0.39 is 0 Å². The number of amides is 1. The van der Waals surface area contributed by atoms with Gasteiger partial charge in [-0.2, -0.15) is 0 Å². The second-order valence-electron chi connectivity index (χ2n) is 2.51. The number of nitrogens with one attached hydrogen (secondary N) is 1. The van der Waals surface area contributed by atoms with Crippen molar-refractivity contribution in [1.29, 1.82) is 0 Å². The van der Waals surface area contributed by atoms with E-state index in [2.05, 4.69) is 12.2 Å². The number of carbonyl (C=O) groups excluding carboxylic acids is 1. The third kappa shape index (κ3) is 7.33. The fourth-order valence-corrected chi connectivity index (χ4v) is 0.726. The van der Waals surface area contributed by atoms with Crippen molar-refractivity contribution in [2.24, 2.45) is 0 Å². The second kappa shape index (κ2) is 7.54. The van der Waals surface area contributed by atoms with E-state index in [0.717, 1.165) is 19.4 Å². The molecule has 0 aliphatic rings. The molecule has 1 radical (unpaired) electrons. The molecule has 0 aromatic rings.